The van der Waals surface area contributed by atoms with Crippen LogP contribution in [0.4, 0.5) is 0 Å². The van der Waals surface area contributed by atoms with E-state index < -0.39 is 0 Å². The van der Waals surface area contributed by atoms with Crippen LogP contribution in [0, 0.1) is 0 Å². The van der Waals surface area contributed by atoms with Crippen molar-refractivity contribution in [2.45, 2.75) is 6.42 Å². The van der Waals surface area contributed by atoms with Crippen molar-refractivity contribution in [3.63, 3.8) is 0 Å². The van der Waals surface area contributed by atoms with Gasteiger partial charge in [0.1, 0.15) is 6.29 Å². The molecular formula is C9H9BrO3. The van der Waals surface area contributed by atoms with Gasteiger partial charge in [-0.15, -0.1) is 0 Å². The predicted octanol–water partition coefficient (Wildman–Crippen LogP) is 1.40. The lowest BCUT2D eigenvalue weighted by molar-refractivity contribution is -0.107. The lowest BCUT2D eigenvalue weighted by Crippen LogP contribution is -1.98. The van der Waals surface area contributed by atoms with Crippen LogP contribution in [0.2, 0.25) is 0 Å². The highest BCUT2D eigenvalue weighted by molar-refractivity contribution is 9.10. The zero-order valence-electron chi connectivity index (χ0n) is 6.79. The van der Waals surface area contributed by atoms with Crippen molar-refractivity contribution >= 4 is 28.0 Å². The lowest BCUT2D eigenvalue weighted by Gasteiger charge is -1.95. The Hall–Kier alpha value is -1.000. The fourth-order valence-corrected chi connectivity index (χ4v) is 1.09. The van der Waals surface area contributed by atoms with E-state index in [9.17, 15) is 9.59 Å². The van der Waals surface area contributed by atoms with Gasteiger partial charge in [0.05, 0.1) is 6.42 Å². The molecule has 0 bridgehead atoms. The Morgan fingerprint density at radius 3 is 2.31 bits per heavy atom. The molecule has 0 aromatic heterocycles. The Morgan fingerprint density at radius 2 is 1.85 bits per heavy atom. The molecule has 13 heavy (non-hydrogen) atoms. The van der Waals surface area contributed by atoms with Gasteiger partial charge in [-0.05, 0) is 12.1 Å². The van der Waals surface area contributed by atoms with Gasteiger partial charge in [0.15, 0.2) is 5.78 Å². The summed E-state index contributed by atoms with van der Waals surface area (Å²) in [6, 6.07) is 6.93. The number of hydrogen-bond acceptors (Lipinski definition) is 2. The zero-order valence-corrected chi connectivity index (χ0v) is 8.37. The summed E-state index contributed by atoms with van der Waals surface area (Å²) in [5, 5.41) is 0. The second-order valence-corrected chi connectivity index (χ2v) is 3.22. The highest BCUT2D eigenvalue weighted by Gasteiger charge is 2.02. The molecule has 0 aliphatic rings. The molecule has 1 aromatic carbocycles. The fraction of sp³-hybridized carbons (Fsp3) is 0.111. The molecule has 0 radical (unpaired) electrons. The summed E-state index contributed by atoms with van der Waals surface area (Å²) in [5.74, 6) is -0.141. The van der Waals surface area contributed by atoms with Crippen molar-refractivity contribution in [2.75, 3.05) is 0 Å². The molecule has 0 atom stereocenters. The SMILES string of the molecule is O.O=CCC(=O)c1ccc(Br)cc1. The van der Waals surface area contributed by atoms with Gasteiger partial charge in [-0.2, -0.15) is 0 Å². The first-order valence-corrected chi connectivity index (χ1v) is 4.25. The van der Waals surface area contributed by atoms with E-state index in [0.717, 1.165) is 4.47 Å². The number of rotatable bonds is 3. The van der Waals surface area contributed by atoms with Gasteiger partial charge in [-0.25, -0.2) is 0 Å². The largest absolute Gasteiger partial charge is 0.412 e. The molecule has 2 N–H and O–H groups in total. The number of aldehydes is 1. The van der Waals surface area contributed by atoms with Crippen LogP contribution >= 0.6 is 15.9 Å². The van der Waals surface area contributed by atoms with Crippen molar-refractivity contribution in [2.24, 2.45) is 0 Å². The molecule has 0 spiro atoms. The average molecular weight is 245 g/mol. The van der Waals surface area contributed by atoms with E-state index in [1.54, 1.807) is 24.3 Å². The van der Waals surface area contributed by atoms with E-state index in [0.29, 0.717) is 11.8 Å². The Labute approximate surface area is 84.2 Å². The molecule has 0 heterocycles. The molecule has 0 amide bonds. The summed E-state index contributed by atoms with van der Waals surface area (Å²) in [4.78, 5) is 21.1. The Kier molecular flexibility index (Phi) is 5.18. The number of carbonyl (C=O) groups is 2. The first-order valence-electron chi connectivity index (χ1n) is 3.46. The second-order valence-electron chi connectivity index (χ2n) is 2.30. The van der Waals surface area contributed by atoms with Crippen molar-refractivity contribution in [3.8, 4) is 0 Å². The molecule has 4 heteroatoms. The summed E-state index contributed by atoms with van der Waals surface area (Å²) < 4.78 is 0.921. The van der Waals surface area contributed by atoms with Crippen molar-refractivity contribution in [3.05, 3.63) is 34.3 Å². The summed E-state index contributed by atoms with van der Waals surface area (Å²) in [5.41, 5.74) is 0.574. The summed E-state index contributed by atoms with van der Waals surface area (Å²) in [6.07, 6.45) is 0.575. The molecule has 0 aliphatic carbocycles. The molecule has 0 unspecified atom stereocenters. The topological polar surface area (TPSA) is 65.6 Å². The highest BCUT2D eigenvalue weighted by atomic mass is 79.9. The van der Waals surface area contributed by atoms with Crippen molar-refractivity contribution < 1.29 is 15.1 Å². The van der Waals surface area contributed by atoms with Gasteiger partial charge in [-0.1, -0.05) is 28.1 Å². The Balaban J connectivity index is 0.00000144. The minimum Gasteiger partial charge on any atom is -0.412 e. The van der Waals surface area contributed by atoms with Gasteiger partial charge in [-0.3, -0.25) is 4.79 Å². The molecule has 1 rings (SSSR count). The summed E-state index contributed by atoms with van der Waals surface area (Å²) >= 11 is 3.25. The van der Waals surface area contributed by atoms with Gasteiger partial charge < -0.3 is 10.3 Å². The normalized spacial score (nSPS) is 8.69. The van der Waals surface area contributed by atoms with Crippen LogP contribution in [0.25, 0.3) is 0 Å². The number of hydrogen-bond donors (Lipinski definition) is 0. The molecule has 3 nitrogen and oxygen atoms in total. The van der Waals surface area contributed by atoms with Gasteiger partial charge in [0, 0.05) is 10.0 Å². The van der Waals surface area contributed by atoms with Gasteiger partial charge >= 0.3 is 0 Å². The van der Waals surface area contributed by atoms with Crippen LogP contribution in [-0.2, 0) is 4.79 Å². The van der Waals surface area contributed by atoms with Crippen LogP contribution in [0.15, 0.2) is 28.7 Å². The maximum absolute atomic E-state index is 11.1. The van der Waals surface area contributed by atoms with E-state index >= 15 is 0 Å². The number of ketones is 1. The molecule has 0 saturated heterocycles. The maximum atomic E-state index is 11.1. The lowest BCUT2D eigenvalue weighted by atomic mass is 10.1. The van der Waals surface area contributed by atoms with E-state index in [2.05, 4.69) is 15.9 Å². The first kappa shape index (κ1) is 12.0. The Morgan fingerprint density at radius 1 is 1.31 bits per heavy atom. The van der Waals surface area contributed by atoms with E-state index in [1.807, 2.05) is 0 Å². The average Bonchev–Trinajstić information content (AvgIpc) is 2.06. The molecule has 0 aliphatic heterocycles. The molecular weight excluding hydrogens is 236 g/mol. The monoisotopic (exact) mass is 244 g/mol. The zero-order chi connectivity index (χ0) is 8.97. The third-order valence-corrected chi connectivity index (χ3v) is 1.96. The predicted molar refractivity (Wildman–Crippen MR) is 52.8 cm³/mol. The first-order chi connectivity index (χ1) is 5.74. The van der Waals surface area contributed by atoms with Crippen LogP contribution < -0.4 is 0 Å². The fourth-order valence-electron chi connectivity index (χ4n) is 0.829. The summed E-state index contributed by atoms with van der Waals surface area (Å²) in [7, 11) is 0. The molecule has 0 fully saturated rings. The number of halogens is 1. The quantitative estimate of drug-likeness (QED) is 0.459. The summed E-state index contributed by atoms with van der Waals surface area (Å²) in [6.45, 7) is 0. The third kappa shape index (κ3) is 3.48. The van der Waals surface area contributed by atoms with Gasteiger partial charge in [0.25, 0.3) is 0 Å². The maximum Gasteiger partial charge on any atom is 0.169 e. The smallest absolute Gasteiger partial charge is 0.169 e. The minimum absolute atomic E-state index is 0. The number of Topliss-reactive ketones (excluding diaryl/α,β-unsaturated/α-hetero) is 1. The van der Waals surface area contributed by atoms with Crippen LogP contribution in [0.3, 0.4) is 0 Å². The van der Waals surface area contributed by atoms with Crippen LogP contribution in [-0.4, -0.2) is 17.5 Å². The van der Waals surface area contributed by atoms with E-state index in [-0.39, 0.29) is 17.7 Å². The van der Waals surface area contributed by atoms with Crippen LogP contribution in [0.5, 0.6) is 0 Å². The van der Waals surface area contributed by atoms with E-state index in [4.69, 9.17) is 0 Å². The van der Waals surface area contributed by atoms with E-state index in [1.165, 1.54) is 0 Å². The van der Waals surface area contributed by atoms with Gasteiger partial charge in [0.2, 0.25) is 0 Å². The standard InChI is InChI=1S/C9H7BrO2.H2O/c10-8-3-1-7(2-4-8)9(12)5-6-11;/h1-4,6H,5H2;1H2. The third-order valence-electron chi connectivity index (χ3n) is 1.43. The van der Waals surface area contributed by atoms with Crippen molar-refractivity contribution in [1.29, 1.82) is 0 Å². The van der Waals surface area contributed by atoms with Crippen molar-refractivity contribution in [1.82, 2.24) is 0 Å². The highest BCUT2D eigenvalue weighted by Crippen LogP contribution is 2.11. The number of carbonyl (C=O) groups excluding carboxylic acids is 2. The minimum atomic E-state index is -0.141. The molecule has 0 saturated carbocycles. The number of benzene rings is 1. The Bertz CT molecular complexity index is 292. The molecule has 70 valence electrons. The molecule has 1 aromatic rings. The second kappa shape index (κ2) is 5.61. The van der Waals surface area contributed by atoms with Crippen LogP contribution in [0.1, 0.15) is 16.8 Å².